The van der Waals surface area contributed by atoms with E-state index < -0.39 is 0 Å². The fourth-order valence-electron chi connectivity index (χ4n) is 3.39. The van der Waals surface area contributed by atoms with Crippen LogP contribution >= 0.6 is 22.7 Å². The third kappa shape index (κ3) is 5.56. The van der Waals surface area contributed by atoms with Crippen molar-refractivity contribution in [3.63, 3.8) is 0 Å². The van der Waals surface area contributed by atoms with Crippen molar-refractivity contribution in [2.45, 2.75) is 20.1 Å². The normalized spacial score (nSPS) is 15.0. The Labute approximate surface area is 185 Å². The van der Waals surface area contributed by atoms with Gasteiger partial charge in [0.05, 0.1) is 10.7 Å². The third-order valence-electron chi connectivity index (χ3n) is 5.01. The highest BCUT2D eigenvalue weighted by atomic mass is 32.1. The first-order valence-electron chi connectivity index (χ1n) is 10.0. The molecule has 0 aliphatic carbocycles. The summed E-state index contributed by atoms with van der Waals surface area (Å²) < 4.78 is 5.94. The number of ether oxygens (including phenoxy) is 1. The van der Waals surface area contributed by atoms with E-state index in [-0.39, 0.29) is 5.91 Å². The van der Waals surface area contributed by atoms with E-state index in [0.29, 0.717) is 6.61 Å². The van der Waals surface area contributed by atoms with Crippen LogP contribution in [-0.2, 0) is 17.9 Å². The first-order chi connectivity index (χ1) is 14.7. The van der Waals surface area contributed by atoms with E-state index in [1.54, 1.807) is 28.7 Å². The van der Waals surface area contributed by atoms with Gasteiger partial charge in [0.1, 0.15) is 12.4 Å². The number of para-hydroxylation sites is 1. The summed E-state index contributed by atoms with van der Waals surface area (Å²) in [5.74, 6) is 0.809. The molecule has 0 radical (unpaired) electrons. The van der Waals surface area contributed by atoms with Crippen molar-refractivity contribution >= 4 is 34.7 Å². The quantitative estimate of drug-likeness (QED) is 0.510. The summed E-state index contributed by atoms with van der Waals surface area (Å²) in [5.41, 5.74) is 1.82. The number of carbonyl (C=O) groups is 1. The maximum Gasteiger partial charge on any atom is 0.246 e. The number of thiophene rings is 1. The highest BCUT2D eigenvalue weighted by Crippen LogP contribution is 2.21. The SMILES string of the molecule is Cc1nc(COc2ccccc2/C=C/C(=O)N2CCN(Cc3cccs3)CC2)cs1. The molecule has 0 saturated carbocycles. The lowest BCUT2D eigenvalue weighted by Gasteiger charge is -2.34. The summed E-state index contributed by atoms with van der Waals surface area (Å²) in [4.78, 5) is 22.8. The molecule has 1 saturated heterocycles. The van der Waals surface area contributed by atoms with Crippen LogP contribution in [0, 0.1) is 6.92 Å². The number of hydrogen-bond donors (Lipinski definition) is 0. The number of rotatable bonds is 7. The molecule has 0 N–H and O–H groups in total. The number of carbonyl (C=O) groups excluding carboxylic acids is 1. The molecule has 30 heavy (non-hydrogen) atoms. The Hall–Kier alpha value is -2.48. The maximum atomic E-state index is 12.7. The molecule has 1 amide bonds. The lowest BCUT2D eigenvalue weighted by atomic mass is 10.2. The molecule has 4 rings (SSSR count). The lowest BCUT2D eigenvalue weighted by Crippen LogP contribution is -2.47. The van der Waals surface area contributed by atoms with Crippen molar-refractivity contribution < 1.29 is 9.53 Å². The van der Waals surface area contributed by atoms with Gasteiger partial charge in [-0.25, -0.2) is 4.98 Å². The fourth-order valence-corrected chi connectivity index (χ4v) is 4.74. The predicted octanol–water partition coefficient (Wildman–Crippen LogP) is 4.45. The molecule has 1 aromatic carbocycles. The summed E-state index contributed by atoms with van der Waals surface area (Å²) in [6.45, 7) is 6.72. The number of nitrogens with zero attached hydrogens (tertiary/aromatic N) is 3. The molecule has 7 heteroatoms. The van der Waals surface area contributed by atoms with Crippen molar-refractivity contribution in [3.05, 3.63) is 74.4 Å². The minimum Gasteiger partial charge on any atom is -0.487 e. The molecule has 1 aliphatic rings. The molecule has 0 atom stereocenters. The minimum absolute atomic E-state index is 0.0516. The Morgan fingerprint density at radius 3 is 2.70 bits per heavy atom. The third-order valence-corrected chi connectivity index (χ3v) is 6.69. The zero-order chi connectivity index (χ0) is 20.8. The first-order valence-corrected chi connectivity index (χ1v) is 11.8. The average Bonchev–Trinajstić information content (AvgIpc) is 3.43. The molecule has 0 bridgehead atoms. The van der Waals surface area contributed by atoms with E-state index in [0.717, 1.165) is 54.7 Å². The van der Waals surface area contributed by atoms with Crippen LogP contribution in [0.5, 0.6) is 5.75 Å². The van der Waals surface area contributed by atoms with Gasteiger partial charge in [0.15, 0.2) is 0 Å². The van der Waals surface area contributed by atoms with Crippen LogP contribution in [0.4, 0.5) is 0 Å². The van der Waals surface area contributed by atoms with E-state index in [9.17, 15) is 4.79 Å². The highest BCUT2D eigenvalue weighted by Gasteiger charge is 2.19. The Kier molecular flexibility index (Phi) is 6.94. The molecule has 0 spiro atoms. The highest BCUT2D eigenvalue weighted by molar-refractivity contribution is 7.10. The molecule has 3 aromatic rings. The summed E-state index contributed by atoms with van der Waals surface area (Å²) >= 11 is 3.40. The number of thiazole rings is 1. The summed E-state index contributed by atoms with van der Waals surface area (Å²) in [6, 6.07) is 12.0. The predicted molar refractivity (Wildman–Crippen MR) is 123 cm³/mol. The van der Waals surface area contributed by atoms with Gasteiger partial charge in [0, 0.05) is 54.6 Å². The van der Waals surface area contributed by atoms with Crippen LogP contribution in [0.2, 0.25) is 0 Å². The second kappa shape index (κ2) is 10.0. The van der Waals surface area contributed by atoms with Crippen molar-refractivity contribution in [1.82, 2.24) is 14.8 Å². The second-order valence-corrected chi connectivity index (χ2v) is 9.29. The van der Waals surface area contributed by atoms with E-state index in [2.05, 4.69) is 27.4 Å². The van der Waals surface area contributed by atoms with E-state index in [4.69, 9.17) is 4.74 Å². The molecule has 0 unspecified atom stereocenters. The summed E-state index contributed by atoms with van der Waals surface area (Å²) in [5, 5.41) is 5.15. The average molecular weight is 440 g/mol. The van der Waals surface area contributed by atoms with Gasteiger partial charge < -0.3 is 9.64 Å². The Morgan fingerprint density at radius 2 is 1.97 bits per heavy atom. The Morgan fingerprint density at radius 1 is 1.13 bits per heavy atom. The van der Waals surface area contributed by atoms with Gasteiger partial charge in [-0.05, 0) is 30.5 Å². The zero-order valence-corrected chi connectivity index (χ0v) is 18.6. The number of piperazine rings is 1. The van der Waals surface area contributed by atoms with Crippen molar-refractivity contribution in [2.75, 3.05) is 26.2 Å². The molecule has 1 fully saturated rings. The van der Waals surface area contributed by atoms with E-state index >= 15 is 0 Å². The van der Waals surface area contributed by atoms with Crippen LogP contribution in [0.15, 0.2) is 53.2 Å². The molecular weight excluding hydrogens is 414 g/mol. The smallest absolute Gasteiger partial charge is 0.246 e. The van der Waals surface area contributed by atoms with Gasteiger partial charge in [-0.15, -0.1) is 22.7 Å². The van der Waals surface area contributed by atoms with Gasteiger partial charge >= 0.3 is 0 Å². The number of aromatic nitrogens is 1. The lowest BCUT2D eigenvalue weighted by molar-refractivity contribution is -0.127. The molecule has 1 aliphatic heterocycles. The van der Waals surface area contributed by atoms with Crippen LogP contribution in [0.3, 0.4) is 0 Å². The molecular formula is C23H25N3O2S2. The number of aryl methyl sites for hydroxylation is 1. The number of amides is 1. The van der Waals surface area contributed by atoms with Crippen LogP contribution in [0.25, 0.3) is 6.08 Å². The van der Waals surface area contributed by atoms with Crippen LogP contribution in [0.1, 0.15) is 21.1 Å². The minimum atomic E-state index is 0.0516. The van der Waals surface area contributed by atoms with Crippen molar-refractivity contribution in [3.8, 4) is 5.75 Å². The van der Waals surface area contributed by atoms with Crippen molar-refractivity contribution in [2.24, 2.45) is 0 Å². The second-order valence-electron chi connectivity index (χ2n) is 7.20. The first kappa shape index (κ1) is 20.8. The molecule has 3 heterocycles. The topological polar surface area (TPSA) is 45.7 Å². The number of hydrogen-bond acceptors (Lipinski definition) is 6. The van der Waals surface area contributed by atoms with Crippen LogP contribution in [-0.4, -0.2) is 46.9 Å². The summed E-state index contributed by atoms with van der Waals surface area (Å²) in [6.07, 6.45) is 3.51. The van der Waals surface area contributed by atoms with E-state index in [1.165, 1.54) is 4.88 Å². The number of benzene rings is 1. The van der Waals surface area contributed by atoms with Gasteiger partial charge in [0.25, 0.3) is 0 Å². The Balaban J connectivity index is 1.31. The largest absolute Gasteiger partial charge is 0.487 e. The summed E-state index contributed by atoms with van der Waals surface area (Å²) in [7, 11) is 0. The Bertz CT molecular complexity index is 990. The van der Waals surface area contributed by atoms with Crippen LogP contribution < -0.4 is 4.74 Å². The van der Waals surface area contributed by atoms with E-state index in [1.807, 2.05) is 47.5 Å². The molecule has 2 aromatic heterocycles. The molecule has 156 valence electrons. The monoisotopic (exact) mass is 439 g/mol. The zero-order valence-electron chi connectivity index (χ0n) is 17.0. The van der Waals surface area contributed by atoms with Gasteiger partial charge in [-0.3, -0.25) is 9.69 Å². The van der Waals surface area contributed by atoms with Gasteiger partial charge in [0.2, 0.25) is 5.91 Å². The van der Waals surface area contributed by atoms with Gasteiger partial charge in [-0.1, -0.05) is 24.3 Å². The molecule has 5 nitrogen and oxygen atoms in total. The standard InChI is InChI=1S/C23H25N3O2S2/c1-18-24-20(17-30-18)16-28-22-7-3-2-5-19(22)8-9-23(27)26-12-10-25(11-13-26)15-21-6-4-14-29-21/h2-9,14,17H,10-13,15-16H2,1H3/b9-8+. The maximum absolute atomic E-state index is 12.7. The van der Waals surface area contributed by atoms with Crippen molar-refractivity contribution in [1.29, 1.82) is 0 Å². The fraction of sp³-hybridized carbons (Fsp3) is 0.304. The van der Waals surface area contributed by atoms with Gasteiger partial charge in [-0.2, -0.15) is 0 Å².